The highest BCUT2D eigenvalue weighted by Crippen LogP contribution is 2.22. The van der Waals surface area contributed by atoms with Crippen LogP contribution >= 0.6 is 0 Å². The van der Waals surface area contributed by atoms with Crippen molar-refractivity contribution in [2.45, 2.75) is 55.4 Å². The molecule has 0 aromatic carbocycles. The molecule has 1 aliphatic heterocycles. The second-order valence-electron chi connectivity index (χ2n) is 5.60. The summed E-state index contributed by atoms with van der Waals surface area (Å²) < 4.78 is 2.44. The van der Waals surface area contributed by atoms with E-state index < -0.39 is 0 Å². The Balaban J connectivity index is 2.69. The number of nitrogens with one attached hydrogen (secondary N) is 1. The molecule has 0 amide bonds. The second kappa shape index (κ2) is 4.13. The van der Waals surface area contributed by atoms with Gasteiger partial charge in [0.2, 0.25) is 0 Å². The minimum atomic E-state index is 1.38. The smallest absolute Gasteiger partial charge is 0.137 e. The van der Waals surface area contributed by atoms with Crippen molar-refractivity contribution in [3.05, 3.63) is 45.1 Å². The maximum atomic E-state index is 2.44. The van der Waals surface area contributed by atoms with Crippen LogP contribution < -0.4 is 5.01 Å². The normalized spacial score (nSPS) is 17.3. The van der Waals surface area contributed by atoms with Crippen LogP contribution in [0.2, 0.25) is 0 Å². The lowest BCUT2D eigenvalue weighted by atomic mass is 10.1. The van der Waals surface area contributed by atoms with E-state index in [4.69, 9.17) is 0 Å². The Kier molecular flexibility index (Phi) is 3.02. The molecule has 1 aliphatic rings. The Labute approximate surface area is 111 Å². The average molecular weight is 245 g/mol. The van der Waals surface area contributed by atoms with Gasteiger partial charge in [-0.25, -0.2) is 0 Å². The number of hydrogen-bond donors (Lipinski definition) is 1. The third-order valence-corrected chi connectivity index (χ3v) is 4.94. The molecule has 0 saturated heterocycles. The largest absolute Gasteiger partial charge is 0.193 e. The Morgan fingerprint density at radius 2 is 0.944 bits per heavy atom. The maximum Gasteiger partial charge on any atom is 0.137 e. The first kappa shape index (κ1) is 13.2. The Morgan fingerprint density at radius 1 is 0.611 bits per heavy atom. The van der Waals surface area contributed by atoms with Gasteiger partial charge in [0.25, 0.3) is 0 Å². The van der Waals surface area contributed by atoms with Crippen molar-refractivity contribution < 1.29 is 5.01 Å². The second-order valence-corrected chi connectivity index (χ2v) is 5.60. The van der Waals surface area contributed by atoms with Crippen LogP contribution in [0, 0.1) is 27.7 Å². The van der Waals surface area contributed by atoms with Gasteiger partial charge in [0, 0.05) is 25.0 Å². The molecule has 98 valence electrons. The van der Waals surface area contributed by atoms with E-state index in [9.17, 15) is 0 Å². The van der Waals surface area contributed by atoms with E-state index >= 15 is 0 Å². The number of rotatable bonds is 1. The zero-order chi connectivity index (χ0) is 13.8. The molecule has 1 aromatic rings. The van der Waals surface area contributed by atoms with Crippen LogP contribution in [0.25, 0.3) is 0 Å². The van der Waals surface area contributed by atoms with Crippen molar-refractivity contribution in [1.82, 2.24) is 4.68 Å². The molecule has 18 heavy (non-hydrogen) atoms. The predicted molar refractivity (Wildman–Crippen MR) is 76.5 cm³/mol. The van der Waals surface area contributed by atoms with Gasteiger partial charge < -0.3 is 0 Å². The molecule has 0 saturated carbocycles. The number of quaternary nitrogens is 1. The van der Waals surface area contributed by atoms with Crippen molar-refractivity contribution in [1.29, 1.82) is 0 Å². The summed E-state index contributed by atoms with van der Waals surface area (Å²) in [4.78, 5) is 0. The Bertz CT molecular complexity index is 533. The highest BCUT2D eigenvalue weighted by molar-refractivity contribution is 5.37. The van der Waals surface area contributed by atoms with Crippen LogP contribution in [-0.4, -0.2) is 4.68 Å². The van der Waals surface area contributed by atoms with Gasteiger partial charge in [0.1, 0.15) is 11.4 Å². The monoisotopic (exact) mass is 245 g/mol. The maximum absolute atomic E-state index is 2.44. The van der Waals surface area contributed by atoms with Gasteiger partial charge in [-0.1, -0.05) is 0 Å². The molecule has 0 radical (unpaired) electrons. The molecule has 1 aromatic heterocycles. The first-order valence-corrected chi connectivity index (χ1v) is 6.67. The zero-order valence-electron chi connectivity index (χ0n) is 12.9. The summed E-state index contributed by atoms with van der Waals surface area (Å²) >= 11 is 0. The van der Waals surface area contributed by atoms with Gasteiger partial charge >= 0.3 is 0 Å². The van der Waals surface area contributed by atoms with Crippen molar-refractivity contribution in [3.63, 3.8) is 0 Å². The Morgan fingerprint density at radius 3 is 1.28 bits per heavy atom. The molecule has 0 fully saturated rings. The topological polar surface area (TPSA) is 9.37 Å². The van der Waals surface area contributed by atoms with Crippen LogP contribution in [0.3, 0.4) is 0 Å². The fourth-order valence-electron chi connectivity index (χ4n) is 3.00. The Hall–Kier alpha value is -1.28. The summed E-state index contributed by atoms with van der Waals surface area (Å²) in [5.74, 6) is 0. The van der Waals surface area contributed by atoms with Crippen LogP contribution in [-0.2, 0) is 0 Å². The summed E-state index contributed by atoms with van der Waals surface area (Å²) in [6.45, 7) is 17.9. The van der Waals surface area contributed by atoms with E-state index in [2.05, 4.69) is 60.1 Å². The fourth-order valence-corrected chi connectivity index (χ4v) is 3.00. The number of hydrogen-bond acceptors (Lipinski definition) is 0. The first-order valence-electron chi connectivity index (χ1n) is 6.67. The lowest BCUT2D eigenvalue weighted by molar-refractivity contribution is -0.867. The van der Waals surface area contributed by atoms with E-state index in [1.165, 1.54) is 50.1 Å². The molecule has 0 aliphatic carbocycles. The van der Waals surface area contributed by atoms with E-state index in [1.54, 1.807) is 0 Å². The number of nitrogens with zero attached hydrogens (tertiary/aromatic N) is 1. The van der Waals surface area contributed by atoms with Gasteiger partial charge in [-0.2, -0.15) is 9.69 Å². The zero-order valence-corrected chi connectivity index (χ0v) is 12.9. The molecule has 2 nitrogen and oxygen atoms in total. The van der Waals surface area contributed by atoms with Crippen molar-refractivity contribution in [2.24, 2.45) is 0 Å². The number of aromatic nitrogens is 1. The third-order valence-electron chi connectivity index (χ3n) is 4.94. The molecule has 2 heteroatoms. The highest BCUT2D eigenvalue weighted by Gasteiger charge is 2.31. The molecule has 0 unspecified atom stereocenters. The molecule has 0 spiro atoms. The molecular weight excluding hydrogens is 220 g/mol. The van der Waals surface area contributed by atoms with Crippen LogP contribution in [0.1, 0.15) is 50.2 Å². The molecular formula is C16H25N2+. The van der Waals surface area contributed by atoms with Crippen molar-refractivity contribution in [3.8, 4) is 0 Å². The summed E-state index contributed by atoms with van der Waals surface area (Å²) in [6.07, 6.45) is 0. The molecule has 1 N–H and O–H groups in total. The van der Waals surface area contributed by atoms with E-state index in [-0.39, 0.29) is 0 Å². The minimum Gasteiger partial charge on any atom is -0.193 e. The third kappa shape index (κ3) is 1.52. The summed E-state index contributed by atoms with van der Waals surface area (Å²) in [5, 5.41) is 1.40. The molecule has 0 bridgehead atoms. The highest BCUT2D eigenvalue weighted by atomic mass is 15.6. The quantitative estimate of drug-likeness (QED) is 0.779. The summed E-state index contributed by atoms with van der Waals surface area (Å²) in [6, 6.07) is 0. The predicted octanol–water partition coefficient (Wildman–Crippen LogP) is 2.97. The molecule has 0 atom stereocenters. The summed E-state index contributed by atoms with van der Waals surface area (Å²) in [7, 11) is 0. The van der Waals surface area contributed by atoms with E-state index in [0.717, 1.165) is 0 Å². The molecule has 2 rings (SSSR count). The lowest BCUT2D eigenvalue weighted by Gasteiger charge is -2.20. The van der Waals surface area contributed by atoms with Crippen LogP contribution in [0.4, 0.5) is 0 Å². The minimum absolute atomic E-state index is 1.38. The average Bonchev–Trinajstić information content (AvgIpc) is 2.64. The molecule has 2 heterocycles. The van der Waals surface area contributed by atoms with Crippen molar-refractivity contribution in [2.75, 3.05) is 0 Å². The standard InChI is InChI=1S/C16H24N2/c1-9-10(2)14(6)17(13(9)5)18-15(7)11(3)12(4)16(18)8/h1-8H3/p+1. The van der Waals surface area contributed by atoms with Crippen molar-refractivity contribution >= 4 is 0 Å². The first-order chi connectivity index (χ1) is 8.29. The van der Waals surface area contributed by atoms with Gasteiger partial charge in [0.05, 0.1) is 11.4 Å². The van der Waals surface area contributed by atoms with Gasteiger partial charge in [-0.15, -0.1) is 0 Å². The van der Waals surface area contributed by atoms with E-state index in [0.29, 0.717) is 0 Å². The lowest BCUT2D eigenvalue weighted by Crippen LogP contribution is -3.10. The van der Waals surface area contributed by atoms with Crippen LogP contribution in [0.5, 0.6) is 0 Å². The SMILES string of the molecule is CC1=C(C)[NH+](n2c(C)c(C)c(C)c2C)C(C)=C1C. The van der Waals surface area contributed by atoms with Gasteiger partial charge in [-0.05, 0) is 52.7 Å². The van der Waals surface area contributed by atoms with E-state index in [1.807, 2.05) is 0 Å². The van der Waals surface area contributed by atoms with Gasteiger partial charge in [0.15, 0.2) is 0 Å². The van der Waals surface area contributed by atoms with Crippen LogP contribution in [0.15, 0.2) is 22.5 Å². The number of allylic oxidation sites excluding steroid dienone is 4. The summed E-state index contributed by atoms with van der Waals surface area (Å²) in [5.41, 5.74) is 11.3. The fraction of sp³-hybridized carbons (Fsp3) is 0.500. The van der Waals surface area contributed by atoms with Gasteiger partial charge in [-0.3, -0.25) is 0 Å².